The molecule has 0 aliphatic carbocycles. The van der Waals surface area contributed by atoms with Crippen molar-refractivity contribution >= 4 is 35.2 Å². The summed E-state index contributed by atoms with van der Waals surface area (Å²) in [6, 6.07) is 17.7. The highest BCUT2D eigenvalue weighted by Crippen LogP contribution is 2.24. The molecule has 3 rings (SSSR count). The summed E-state index contributed by atoms with van der Waals surface area (Å²) in [6.07, 6.45) is 1.55. The van der Waals surface area contributed by atoms with Crippen LogP contribution in [0.4, 0.5) is 5.69 Å². The zero-order valence-electron chi connectivity index (χ0n) is 18.0. The lowest BCUT2D eigenvalue weighted by Gasteiger charge is -2.11. The van der Waals surface area contributed by atoms with Gasteiger partial charge in [-0.25, -0.2) is 4.79 Å². The topological polar surface area (TPSA) is 84.1 Å². The van der Waals surface area contributed by atoms with Crippen LogP contribution >= 0.6 is 11.6 Å². The standard InChI is InChI=1S/C25H22ClN3O3/c1-4-32-25(31)18-7-5-10-23(13-18)29-16(2)11-19(17(29)3)12-20(15-27)24(30)28-22-9-6-8-21(26)14-22/h5-14H,4H2,1-3H3,(H,28,30)/b20-12+. The number of nitrogens with one attached hydrogen (secondary N) is 1. The van der Waals surface area contributed by atoms with Crippen molar-refractivity contribution < 1.29 is 14.3 Å². The minimum atomic E-state index is -0.524. The van der Waals surface area contributed by atoms with Crippen molar-refractivity contribution in [3.8, 4) is 11.8 Å². The number of aromatic nitrogens is 1. The van der Waals surface area contributed by atoms with Gasteiger partial charge in [0.15, 0.2) is 0 Å². The lowest BCUT2D eigenvalue weighted by Crippen LogP contribution is -2.13. The number of carbonyl (C=O) groups is 2. The number of aryl methyl sites for hydroxylation is 1. The zero-order valence-corrected chi connectivity index (χ0v) is 18.7. The molecule has 3 aromatic rings. The third-order valence-corrected chi connectivity index (χ3v) is 5.07. The van der Waals surface area contributed by atoms with Crippen molar-refractivity contribution in [3.05, 3.63) is 87.7 Å². The Balaban J connectivity index is 1.93. The number of hydrogen-bond donors (Lipinski definition) is 1. The number of amides is 1. The van der Waals surface area contributed by atoms with Crippen LogP contribution in [0.1, 0.15) is 34.2 Å². The average Bonchev–Trinajstić information content (AvgIpc) is 3.05. The summed E-state index contributed by atoms with van der Waals surface area (Å²) < 4.78 is 7.04. The van der Waals surface area contributed by atoms with E-state index in [4.69, 9.17) is 16.3 Å². The van der Waals surface area contributed by atoms with E-state index in [2.05, 4.69) is 5.32 Å². The highest BCUT2D eigenvalue weighted by molar-refractivity contribution is 6.31. The molecule has 6 nitrogen and oxygen atoms in total. The van der Waals surface area contributed by atoms with Crippen LogP contribution in [0.2, 0.25) is 5.02 Å². The van der Waals surface area contributed by atoms with Gasteiger partial charge in [-0.15, -0.1) is 0 Å². The molecular weight excluding hydrogens is 426 g/mol. The fourth-order valence-electron chi connectivity index (χ4n) is 3.39. The summed E-state index contributed by atoms with van der Waals surface area (Å²) in [5.41, 5.74) is 4.14. The molecule has 0 aliphatic heterocycles. The lowest BCUT2D eigenvalue weighted by molar-refractivity contribution is -0.112. The quantitative estimate of drug-likeness (QED) is 0.308. The van der Waals surface area contributed by atoms with Gasteiger partial charge in [0.2, 0.25) is 0 Å². The van der Waals surface area contributed by atoms with E-state index in [1.54, 1.807) is 55.5 Å². The second-order valence-electron chi connectivity index (χ2n) is 7.07. The van der Waals surface area contributed by atoms with Gasteiger partial charge in [0, 0.05) is 27.8 Å². The molecule has 32 heavy (non-hydrogen) atoms. The van der Waals surface area contributed by atoms with E-state index in [0.717, 1.165) is 22.6 Å². The second kappa shape index (κ2) is 9.99. The van der Waals surface area contributed by atoms with E-state index in [0.29, 0.717) is 22.9 Å². The number of esters is 1. The van der Waals surface area contributed by atoms with Crippen LogP contribution in [0.15, 0.2) is 60.2 Å². The van der Waals surface area contributed by atoms with E-state index in [9.17, 15) is 14.9 Å². The monoisotopic (exact) mass is 447 g/mol. The van der Waals surface area contributed by atoms with Crippen LogP contribution in [-0.4, -0.2) is 23.1 Å². The number of nitriles is 1. The van der Waals surface area contributed by atoms with Gasteiger partial charge >= 0.3 is 5.97 Å². The van der Waals surface area contributed by atoms with Crippen LogP contribution in [0.5, 0.6) is 0 Å². The molecule has 0 unspecified atom stereocenters. The Morgan fingerprint density at radius 3 is 2.59 bits per heavy atom. The van der Waals surface area contributed by atoms with Crippen LogP contribution in [0, 0.1) is 25.2 Å². The van der Waals surface area contributed by atoms with Crippen molar-refractivity contribution in [1.29, 1.82) is 5.26 Å². The summed E-state index contributed by atoms with van der Waals surface area (Å²) >= 11 is 5.96. The fraction of sp³-hybridized carbons (Fsp3) is 0.160. The minimum Gasteiger partial charge on any atom is -0.462 e. The SMILES string of the molecule is CCOC(=O)c1cccc(-n2c(C)cc(/C=C(\C#N)C(=O)Nc3cccc(Cl)c3)c2C)c1. The van der Waals surface area contributed by atoms with Crippen LogP contribution in [0.3, 0.4) is 0 Å². The first-order chi connectivity index (χ1) is 15.3. The molecule has 2 aromatic carbocycles. The maximum absolute atomic E-state index is 12.6. The Hall–Kier alpha value is -3.82. The molecule has 162 valence electrons. The number of ether oxygens (including phenoxy) is 1. The molecule has 7 heteroatoms. The number of rotatable bonds is 6. The molecule has 1 aromatic heterocycles. The Morgan fingerprint density at radius 2 is 1.91 bits per heavy atom. The zero-order chi connectivity index (χ0) is 23.3. The summed E-state index contributed by atoms with van der Waals surface area (Å²) in [4.78, 5) is 24.7. The molecule has 0 saturated heterocycles. The van der Waals surface area contributed by atoms with E-state index < -0.39 is 5.91 Å². The summed E-state index contributed by atoms with van der Waals surface area (Å²) in [5.74, 6) is -0.912. The highest BCUT2D eigenvalue weighted by atomic mass is 35.5. The van der Waals surface area contributed by atoms with Gasteiger partial charge in [0.05, 0.1) is 12.2 Å². The fourth-order valence-corrected chi connectivity index (χ4v) is 3.58. The van der Waals surface area contributed by atoms with Gasteiger partial charge < -0.3 is 14.6 Å². The first-order valence-corrected chi connectivity index (χ1v) is 10.4. The Morgan fingerprint density at radius 1 is 1.16 bits per heavy atom. The van der Waals surface area contributed by atoms with E-state index in [-0.39, 0.29) is 11.5 Å². The van der Waals surface area contributed by atoms with E-state index >= 15 is 0 Å². The molecule has 0 atom stereocenters. The first kappa shape index (κ1) is 22.9. The molecule has 0 bridgehead atoms. The van der Waals surface area contributed by atoms with Gasteiger partial charge in [0.25, 0.3) is 5.91 Å². The van der Waals surface area contributed by atoms with Crippen LogP contribution < -0.4 is 5.32 Å². The Labute approximate surface area is 191 Å². The first-order valence-electron chi connectivity index (χ1n) is 9.99. The smallest absolute Gasteiger partial charge is 0.338 e. The number of halogens is 1. The lowest BCUT2D eigenvalue weighted by atomic mass is 10.1. The summed E-state index contributed by atoms with van der Waals surface area (Å²) in [6.45, 7) is 5.86. The third-order valence-electron chi connectivity index (χ3n) is 4.83. The summed E-state index contributed by atoms with van der Waals surface area (Å²) in [7, 11) is 0. The molecule has 1 heterocycles. The minimum absolute atomic E-state index is 0.0366. The average molecular weight is 448 g/mol. The number of nitrogens with zero attached hydrogens (tertiary/aromatic N) is 2. The maximum Gasteiger partial charge on any atom is 0.338 e. The van der Waals surface area contributed by atoms with Gasteiger partial charge in [0.1, 0.15) is 11.6 Å². The van der Waals surface area contributed by atoms with Crippen molar-refractivity contribution in [1.82, 2.24) is 4.57 Å². The highest BCUT2D eigenvalue weighted by Gasteiger charge is 2.15. The van der Waals surface area contributed by atoms with E-state index in [1.807, 2.05) is 36.6 Å². The molecule has 0 saturated carbocycles. The Bertz CT molecular complexity index is 1250. The predicted molar refractivity (Wildman–Crippen MR) is 125 cm³/mol. The number of hydrogen-bond acceptors (Lipinski definition) is 4. The van der Waals surface area contributed by atoms with Gasteiger partial charge in [-0.3, -0.25) is 4.79 Å². The van der Waals surface area contributed by atoms with Crippen molar-refractivity contribution in [3.63, 3.8) is 0 Å². The summed E-state index contributed by atoms with van der Waals surface area (Å²) in [5, 5.41) is 12.7. The normalized spacial score (nSPS) is 11.0. The molecule has 0 aliphatic rings. The molecular formula is C25H22ClN3O3. The van der Waals surface area contributed by atoms with Crippen LogP contribution in [0.25, 0.3) is 11.8 Å². The van der Waals surface area contributed by atoms with Crippen LogP contribution in [-0.2, 0) is 9.53 Å². The second-order valence-corrected chi connectivity index (χ2v) is 7.50. The number of anilines is 1. The molecule has 0 spiro atoms. The molecule has 1 amide bonds. The van der Waals surface area contributed by atoms with Gasteiger partial charge in [-0.05, 0) is 74.9 Å². The maximum atomic E-state index is 12.6. The van der Waals surface area contributed by atoms with Gasteiger partial charge in [-0.1, -0.05) is 23.7 Å². The van der Waals surface area contributed by atoms with Crippen molar-refractivity contribution in [2.24, 2.45) is 0 Å². The Kier molecular flexibility index (Phi) is 7.14. The van der Waals surface area contributed by atoms with Gasteiger partial charge in [-0.2, -0.15) is 5.26 Å². The van der Waals surface area contributed by atoms with Crippen molar-refractivity contribution in [2.45, 2.75) is 20.8 Å². The molecule has 0 radical (unpaired) electrons. The number of benzene rings is 2. The van der Waals surface area contributed by atoms with E-state index in [1.165, 1.54) is 0 Å². The largest absolute Gasteiger partial charge is 0.462 e. The van der Waals surface area contributed by atoms with Crippen molar-refractivity contribution in [2.75, 3.05) is 11.9 Å². The third kappa shape index (κ3) is 5.08. The predicted octanol–water partition coefficient (Wildman–Crippen LogP) is 5.47. The number of carbonyl (C=O) groups excluding carboxylic acids is 2. The molecule has 0 fully saturated rings. The molecule has 1 N–H and O–H groups in total.